The minimum atomic E-state index is 0.412. The lowest BCUT2D eigenvalue weighted by atomic mass is 9.83. The van der Waals surface area contributed by atoms with E-state index in [2.05, 4.69) is 10.4 Å². The molecule has 104 valence electrons. The van der Waals surface area contributed by atoms with Gasteiger partial charge in [0.2, 0.25) is 0 Å². The van der Waals surface area contributed by atoms with E-state index in [4.69, 9.17) is 9.97 Å². The van der Waals surface area contributed by atoms with Crippen molar-refractivity contribution in [1.82, 2.24) is 25.1 Å². The van der Waals surface area contributed by atoms with Crippen LogP contribution in [0.2, 0.25) is 0 Å². The van der Waals surface area contributed by atoms with E-state index in [0.29, 0.717) is 12.1 Å². The first-order chi connectivity index (χ1) is 9.70. The normalized spacial score (nSPS) is 24.5. The van der Waals surface area contributed by atoms with Gasteiger partial charge < -0.3 is 5.32 Å². The van der Waals surface area contributed by atoms with Gasteiger partial charge in [-0.3, -0.25) is 4.68 Å². The molecule has 0 radical (unpaired) electrons. The van der Waals surface area contributed by atoms with E-state index in [9.17, 15) is 0 Å². The van der Waals surface area contributed by atoms with Gasteiger partial charge in [0, 0.05) is 30.4 Å². The average Bonchev–Trinajstić information content (AvgIpc) is 2.86. The summed E-state index contributed by atoms with van der Waals surface area (Å²) in [6.45, 7) is 1.98. The van der Waals surface area contributed by atoms with Gasteiger partial charge in [0.05, 0.1) is 23.6 Å². The third kappa shape index (κ3) is 1.85. The molecule has 20 heavy (non-hydrogen) atoms. The largest absolute Gasteiger partial charge is 0.305 e. The van der Waals surface area contributed by atoms with Crippen LogP contribution in [0.15, 0.2) is 12.4 Å². The van der Waals surface area contributed by atoms with E-state index in [1.54, 1.807) is 0 Å². The van der Waals surface area contributed by atoms with Gasteiger partial charge in [-0.05, 0) is 32.6 Å². The molecule has 1 saturated heterocycles. The summed E-state index contributed by atoms with van der Waals surface area (Å²) in [6.07, 6.45) is 8.73. The number of rotatable bonds is 1. The molecule has 0 amide bonds. The Labute approximate surface area is 118 Å². The Morgan fingerprint density at radius 2 is 2.20 bits per heavy atom. The first kappa shape index (κ1) is 12.0. The number of hydrogen-bond acceptors (Lipinski definition) is 4. The number of nitrogens with one attached hydrogen (secondary N) is 1. The van der Waals surface area contributed by atoms with Crippen LogP contribution in [-0.4, -0.2) is 25.8 Å². The van der Waals surface area contributed by atoms with Gasteiger partial charge in [0.1, 0.15) is 5.82 Å². The van der Waals surface area contributed by atoms with Gasteiger partial charge in [-0.25, -0.2) is 9.97 Å². The fourth-order valence-corrected chi connectivity index (χ4v) is 3.53. The van der Waals surface area contributed by atoms with Gasteiger partial charge >= 0.3 is 0 Å². The molecule has 2 bridgehead atoms. The Morgan fingerprint density at radius 1 is 1.30 bits per heavy atom. The van der Waals surface area contributed by atoms with Gasteiger partial charge in [0.25, 0.3) is 0 Å². The van der Waals surface area contributed by atoms with Crippen LogP contribution >= 0.6 is 0 Å². The second-order valence-electron chi connectivity index (χ2n) is 5.94. The van der Waals surface area contributed by atoms with E-state index in [-0.39, 0.29) is 0 Å². The first-order valence-corrected chi connectivity index (χ1v) is 7.33. The molecule has 5 heteroatoms. The zero-order valence-electron chi connectivity index (χ0n) is 11.9. The SMILES string of the molecule is Cc1nc(-c2cnn(C)c2)c2c(n1)[C@H]1CCC[C@@H](C2)N1. The summed E-state index contributed by atoms with van der Waals surface area (Å²) in [5, 5.41) is 7.99. The topological polar surface area (TPSA) is 55.6 Å². The summed E-state index contributed by atoms with van der Waals surface area (Å²) in [6, 6.07) is 0.998. The van der Waals surface area contributed by atoms with E-state index in [1.165, 1.54) is 30.5 Å². The summed E-state index contributed by atoms with van der Waals surface area (Å²) < 4.78 is 1.83. The molecular formula is C15H19N5. The number of hydrogen-bond donors (Lipinski definition) is 1. The van der Waals surface area contributed by atoms with E-state index >= 15 is 0 Å². The van der Waals surface area contributed by atoms with Crippen molar-refractivity contribution in [1.29, 1.82) is 0 Å². The van der Waals surface area contributed by atoms with Crippen LogP contribution < -0.4 is 5.32 Å². The highest BCUT2D eigenvalue weighted by Crippen LogP contribution is 2.37. The van der Waals surface area contributed by atoms with Gasteiger partial charge in [-0.2, -0.15) is 5.10 Å². The number of piperidine rings is 1. The third-order valence-corrected chi connectivity index (χ3v) is 4.39. The Morgan fingerprint density at radius 3 is 3.00 bits per heavy atom. The van der Waals surface area contributed by atoms with Crippen LogP contribution in [0.25, 0.3) is 11.3 Å². The smallest absolute Gasteiger partial charge is 0.126 e. The van der Waals surface area contributed by atoms with E-state index in [1.807, 2.05) is 31.0 Å². The molecule has 4 heterocycles. The molecule has 1 fully saturated rings. The molecule has 2 aliphatic heterocycles. The van der Waals surface area contributed by atoms with Crippen LogP contribution in [0.5, 0.6) is 0 Å². The first-order valence-electron chi connectivity index (χ1n) is 7.33. The van der Waals surface area contributed by atoms with Crippen molar-refractivity contribution in [2.45, 2.75) is 44.7 Å². The number of nitrogens with zero attached hydrogens (tertiary/aromatic N) is 4. The van der Waals surface area contributed by atoms with Crippen LogP contribution in [0.4, 0.5) is 0 Å². The fourth-order valence-electron chi connectivity index (χ4n) is 3.53. The zero-order valence-corrected chi connectivity index (χ0v) is 11.9. The minimum Gasteiger partial charge on any atom is -0.305 e. The molecule has 2 aliphatic rings. The second-order valence-corrected chi connectivity index (χ2v) is 5.94. The summed E-state index contributed by atoms with van der Waals surface area (Å²) in [5.74, 6) is 0.855. The quantitative estimate of drug-likeness (QED) is 0.859. The molecule has 0 unspecified atom stereocenters. The summed E-state index contributed by atoms with van der Waals surface area (Å²) in [5.41, 5.74) is 4.73. The monoisotopic (exact) mass is 269 g/mol. The van der Waals surface area contributed by atoms with Crippen LogP contribution in [0, 0.1) is 6.92 Å². The van der Waals surface area contributed by atoms with Crippen LogP contribution in [0.1, 0.15) is 42.4 Å². The van der Waals surface area contributed by atoms with E-state index < -0.39 is 0 Å². The molecule has 0 aliphatic carbocycles. The maximum atomic E-state index is 4.73. The van der Waals surface area contributed by atoms with Gasteiger partial charge in [0.15, 0.2) is 0 Å². The van der Waals surface area contributed by atoms with Crippen molar-refractivity contribution in [3.05, 3.63) is 29.5 Å². The van der Waals surface area contributed by atoms with Crippen LogP contribution in [-0.2, 0) is 13.5 Å². The number of fused-ring (bicyclic) bond motifs is 4. The Kier molecular flexibility index (Phi) is 2.63. The standard InChI is InChI=1S/C15H19N5/c1-9-17-14(10-7-16-20(2)8-10)12-6-11-4-3-5-13(19-11)15(12)18-9/h7-8,11,13,19H,3-6H2,1-2H3/t11-,13+/m0/s1. The molecule has 0 spiro atoms. The molecule has 4 rings (SSSR count). The average molecular weight is 269 g/mol. The maximum Gasteiger partial charge on any atom is 0.126 e. The molecule has 2 aromatic rings. The lowest BCUT2D eigenvalue weighted by Crippen LogP contribution is -2.43. The number of aryl methyl sites for hydroxylation is 2. The summed E-state index contributed by atoms with van der Waals surface area (Å²) in [4.78, 5) is 9.43. The predicted molar refractivity (Wildman–Crippen MR) is 76.2 cm³/mol. The molecule has 2 atom stereocenters. The molecule has 0 aromatic carbocycles. The van der Waals surface area contributed by atoms with Gasteiger partial charge in [-0.15, -0.1) is 0 Å². The third-order valence-electron chi connectivity index (χ3n) is 4.39. The van der Waals surface area contributed by atoms with Crippen molar-refractivity contribution in [2.75, 3.05) is 0 Å². The lowest BCUT2D eigenvalue weighted by Gasteiger charge is -2.37. The van der Waals surface area contributed by atoms with Crippen LogP contribution in [0.3, 0.4) is 0 Å². The van der Waals surface area contributed by atoms with Crippen molar-refractivity contribution in [2.24, 2.45) is 7.05 Å². The molecule has 2 aromatic heterocycles. The highest BCUT2D eigenvalue weighted by atomic mass is 15.2. The highest BCUT2D eigenvalue weighted by Gasteiger charge is 2.33. The predicted octanol–water partition coefficient (Wildman–Crippen LogP) is 1.92. The summed E-state index contributed by atoms with van der Waals surface area (Å²) in [7, 11) is 1.94. The van der Waals surface area contributed by atoms with E-state index in [0.717, 1.165) is 23.5 Å². The lowest BCUT2D eigenvalue weighted by molar-refractivity contribution is 0.296. The maximum absolute atomic E-state index is 4.73. The zero-order chi connectivity index (χ0) is 13.7. The van der Waals surface area contributed by atoms with Crippen molar-refractivity contribution in [3.8, 4) is 11.3 Å². The van der Waals surface area contributed by atoms with Crippen molar-refractivity contribution in [3.63, 3.8) is 0 Å². The molecule has 1 N–H and O–H groups in total. The fraction of sp³-hybridized carbons (Fsp3) is 0.533. The Bertz CT molecular complexity index is 660. The van der Waals surface area contributed by atoms with Gasteiger partial charge in [-0.1, -0.05) is 0 Å². The molecular weight excluding hydrogens is 250 g/mol. The van der Waals surface area contributed by atoms with Crippen molar-refractivity contribution >= 4 is 0 Å². The highest BCUT2D eigenvalue weighted by molar-refractivity contribution is 5.63. The van der Waals surface area contributed by atoms with Crippen molar-refractivity contribution < 1.29 is 0 Å². The number of aromatic nitrogens is 4. The molecule has 5 nitrogen and oxygen atoms in total. The summed E-state index contributed by atoms with van der Waals surface area (Å²) >= 11 is 0. The second kappa shape index (κ2) is 4.38. The Balaban J connectivity index is 1.90. The molecule has 0 saturated carbocycles. The minimum absolute atomic E-state index is 0.412. The Hall–Kier alpha value is -1.75.